The maximum Gasteiger partial charge on any atom is 0.325 e. The molecule has 138 valence electrons. The Morgan fingerprint density at radius 2 is 1.81 bits per heavy atom. The van der Waals surface area contributed by atoms with Gasteiger partial charge in [0.2, 0.25) is 0 Å². The molecule has 0 saturated heterocycles. The molecule has 0 aromatic heterocycles. The lowest BCUT2D eigenvalue weighted by Crippen LogP contribution is -2.42. The molecule has 5 nitrogen and oxygen atoms in total. The molecule has 0 aliphatic carbocycles. The van der Waals surface area contributed by atoms with E-state index in [2.05, 4.69) is 17.4 Å². The summed E-state index contributed by atoms with van der Waals surface area (Å²) in [4.78, 5) is 12.3. The molecular formula is C21H26N2O3. The number of esters is 1. The molecule has 0 aliphatic heterocycles. The van der Waals surface area contributed by atoms with Crippen molar-refractivity contribution >= 4 is 11.7 Å². The van der Waals surface area contributed by atoms with Gasteiger partial charge in [0, 0.05) is 5.69 Å². The SMILES string of the molecule is C=C(CC(NNc1ccccc1)C(=O)OCC)C(O)c1ccc(C)cc1. The summed E-state index contributed by atoms with van der Waals surface area (Å²) in [7, 11) is 0. The molecule has 0 aliphatic rings. The van der Waals surface area contributed by atoms with Gasteiger partial charge >= 0.3 is 5.97 Å². The fourth-order valence-electron chi connectivity index (χ4n) is 2.49. The quantitative estimate of drug-likeness (QED) is 0.365. The molecule has 2 atom stereocenters. The van der Waals surface area contributed by atoms with Crippen molar-refractivity contribution in [1.82, 2.24) is 5.43 Å². The van der Waals surface area contributed by atoms with Crippen LogP contribution in [0.5, 0.6) is 0 Å². The van der Waals surface area contributed by atoms with Crippen LogP contribution in [0, 0.1) is 6.92 Å². The highest BCUT2D eigenvalue weighted by molar-refractivity contribution is 5.76. The van der Waals surface area contributed by atoms with Gasteiger partial charge in [0.15, 0.2) is 0 Å². The zero-order valence-corrected chi connectivity index (χ0v) is 15.2. The van der Waals surface area contributed by atoms with Crippen LogP contribution < -0.4 is 10.9 Å². The number of para-hydroxylation sites is 1. The predicted octanol–water partition coefficient (Wildman–Crippen LogP) is 3.52. The minimum atomic E-state index is -0.842. The fourth-order valence-corrected chi connectivity index (χ4v) is 2.49. The van der Waals surface area contributed by atoms with Crippen molar-refractivity contribution in [2.24, 2.45) is 0 Å². The van der Waals surface area contributed by atoms with E-state index in [4.69, 9.17) is 4.74 Å². The zero-order chi connectivity index (χ0) is 18.9. The van der Waals surface area contributed by atoms with Crippen molar-refractivity contribution in [3.05, 3.63) is 77.9 Å². The van der Waals surface area contributed by atoms with E-state index in [9.17, 15) is 9.90 Å². The maximum absolute atomic E-state index is 12.3. The zero-order valence-electron chi connectivity index (χ0n) is 15.2. The van der Waals surface area contributed by atoms with Gasteiger partial charge < -0.3 is 15.3 Å². The summed E-state index contributed by atoms with van der Waals surface area (Å²) in [6.45, 7) is 8.00. The smallest absolute Gasteiger partial charge is 0.325 e. The number of carbonyl (C=O) groups is 1. The van der Waals surface area contributed by atoms with E-state index in [0.717, 1.165) is 16.8 Å². The highest BCUT2D eigenvalue weighted by atomic mass is 16.5. The first-order valence-electron chi connectivity index (χ1n) is 8.66. The van der Waals surface area contributed by atoms with Gasteiger partial charge in [0.1, 0.15) is 6.04 Å². The second-order valence-corrected chi connectivity index (χ2v) is 6.12. The molecule has 3 N–H and O–H groups in total. The number of rotatable bonds is 9. The highest BCUT2D eigenvalue weighted by Crippen LogP contribution is 2.24. The molecule has 2 unspecified atom stereocenters. The summed E-state index contributed by atoms with van der Waals surface area (Å²) in [5, 5.41) is 10.5. The van der Waals surface area contributed by atoms with Crippen molar-refractivity contribution in [2.75, 3.05) is 12.0 Å². The van der Waals surface area contributed by atoms with Crippen molar-refractivity contribution in [3.63, 3.8) is 0 Å². The lowest BCUT2D eigenvalue weighted by molar-refractivity contribution is -0.145. The van der Waals surface area contributed by atoms with E-state index >= 15 is 0 Å². The molecule has 2 aromatic rings. The Morgan fingerprint density at radius 1 is 1.15 bits per heavy atom. The van der Waals surface area contributed by atoms with Crippen LogP contribution >= 0.6 is 0 Å². The molecule has 2 aromatic carbocycles. The number of hydrogen-bond donors (Lipinski definition) is 3. The number of hydrazine groups is 1. The van der Waals surface area contributed by atoms with Crippen LogP contribution in [0.2, 0.25) is 0 Å². The number of aliphatic hydroxyl groups excluding tert-OH is 1. The Morgan fingerprint density at radius 3 is 2.42 bits per heavy atom. The van der Waals surface area contributed by atoms with E-state index < -0.39 is 18.1 Å². The average molecular weight is 354 g/mol. The number of carbonyl (C=O) groups excluding carboxylic acids is 1. The molecule has 0 heterocycles. The largest absolute Gasteiger partial charge is 0.465 e. The van der Waals surface area contributed by atoms with Crippen LogP contribution in [0.15, 0.2) is 66.7 Å². The Balaban J connectivity index is 2.03. The van der Waals surface area contributed by atoms with E-state index in [1.807, 2.05) is 61.5 Å². The first-order valence-corrected chi connectivity index (χ1v) is 8.66. The second-order valence-electron chi connectivity index (χ2n) is 6.12. The topological polar surface area (TPSA) is 70.6 Å². The number of benzene rings is 2. The molecule has 0 radical (unpaired) electrons. The van der Waals surface area contributed by atoms with Gasteiger partial charge in [-0.1, -0.05) is 54.6 Å². The predicted molar refractivity (Wildman–Crippen MR) is 104 cm³/mol. The second kappa shape index (κ2) is 9.75. The molecule has 5 heteroatoms. The van der Waals surface area contributed by atoms with Crippen LogP contribution in [0.1, 0.15) is 30.6 Å². The minimum absolute atomic E-state index is 0.244. The molecular weight excluding hydrogens is 328 g/mol. The number of anilines is 1. The number of aliphatic hydroxyl groups is 1. The summed E-state index contributed by atoms with van der Waals surface area (Å²) < 4.78 is 5.13. The van der Waals surface area contributed by atoms with Gasteiger partial charge in [0.25, 0.3) is 0 Å². The third-order valence-electron chi connectivity index (χ3n) is 3.98. The number of hydrogen-bond acceptors (Lipinski definition) is 5. The van der Waals surface area contributed by atoms with Crippen LogP contribution in [0.4, 0.5) is 5.69 Å². The van der Waals surface area contributed by atoms with Gasteiger partial charge in [-0.25, -0.2) is 5.43 Å². The molecule has 0 saturated carbocycles. The standard InChI is InChI=1S/C21H26N2O3/c1-4-26-21(25)19(23-22-18-8-6-5-7-9-18)14-16(3)20(24)17-12-10-15(2)11-13-17/h5-13,19-20,22-24H,3-4,14H2,1-2H3. The van der Waals surface area contributed by atoms with Crippen molar-refractivity contribution in [2.45, 2.75) is 32.4 Å². The average Bonchev–Trinajstić information content (AvgIpc) is 2.66. The summed E-state index contributed by atoms with van der Waals surface area (Å²) in [6, 6.07) is 16.4. The lowest BCUT2D eigenvalue weighted by atomic mass is 9.96. The number of nitrogens with one attached hydrogen (secondary N) is 2. The number of aryl methyl sites for hydroxylation is 1. The Labute approximate surface area is 154 Å². The van der Waals surface area contributed by atoms with Crippen molar-refractivity contribution < 1.29 is 14.6 Å². The molecule has 26 heavy (non-hydrogen) atoms. The van der Waals surface area contributed by atoms with Crippen LogP contribution in [-0.4, -0.2) is 23.7 Å². The Bertz CT molecular complexity index is 714. The molecule has 2 rings (SSSR count). The lowest BCUT2D eigenvalue weighted by Gasteiger charge is -2.22. The van der Waals surface area contributed by atoms with Crippen LogP contribution in [0.3, 0.4) is 0 Å². The van der Waals surface area contributed by atoms with E-state index in [1.54, 1.807) is 6.92 Å². The Hall–Kier alpha value is -2.63. The van der Waals surface area contributed by atoms with Gasteiger partial charge in [-0.3, -0.25) is 4.79 Å². The number of ether oxygens (including phenoxy) is 1. The van der Waals surface area contributed by atoms with Gasteiger partial charge in [-0.15, -0.1) is 0 Å². The van der Waals surface area contributed by atoms with Gasteiger partial charge in [-0.2, -0.15) is 0 Å². The van der Waals surface area contributed by atoms with Crippen molar-refractivity contribution in [3.8, 4) is 0 Å². The van der Waals surface area contributed by atoms with E-state index in [-0.39, 0.29) is 13.0 Å². The van der Waals surface area contributed by atoms with E-state index in [1.165, 1.54) is 0 Å². The van der Waals surface area contributed by atoms with Gasteiger partial charge in [-0.05, 0) is 43.5 Å². The molecule has 0 spiro atoms. The molecule has 0 bridgehead atoms. The fraction of sp³-hybridized carbons (Fsp3) is 0.286. The Kier molecular flexibility index (Phi) is 7.38. The third-order valence-corrected chi connectivity index (χ3v) is 3.98. The summed E-state index contributed by atoms with van der Waals surface area (Å²) in [5.41, 5.74) is 9.20. The van der Waals surface area contributed by atoms with Crippen molar-refractivity contribution in [1.29, 1.82) is 0 Å². The highest BCUT2D eigenvalue weighted by Gasteiger charge is 2.23. The minimum Gasteiger partial charge on any atom is -0.465 e. The van der Waals surface area contributed by atoms with Gasteiger partial charge in [0.05, 0.1) is 12.7 Å². The normalized spacial score (nSPS) is 12.9. The van der Waals surface area contributed by atoms with Crippen LogP contribution in [0.25, 0.3) is 0 Å². The third kappa shape index (κ3) is 5.72. The van der Waals surface area contributed by atoms with Crippen LogP contribution in [-0.2, 0) is 9.53 Å². The monoisotopic (exact) mass is 354 g/mol. The molecule has 0 fully saturated rings. The summed E-state index contributed by atoms with van der Waals surface area (Å²) in [6.07, 6.45) is -0.598. The maximum atomic E-state index is 12.3. The first-order chi connectivity index (χ1) is 12.5. The van der Waals surface area contributed by atoms with E-state index in [0.29, 0.717) is 5.57 Å². The molecule has 0 amide bonds. The summed E-state index contributed by atoms with van der Waals surface area (Å²) in [5.74, 6) is -0.395. The summed E-state index contributed by atoms with van der Waals surface area (Å²) >= 11 is 0. The first kappa shape index (κ1) is 19.7.